The Bertz CT molecular complexity index is 667. The number of anilines is 1. The minimum Gasteiger partial charge on any atom is -0.495 e. The second-order valence-corrected chi connectivity index (χ2v) is 5.67. The first-order valence-corrected chi connectivity index (χ1v) is 7.59. The Morgan fingerprint density at radius 2 is 2.05 bits per heavy atom. The van der Waals surface area contributed by atoms with Gasteiger partial charge in [0.2, 0.25) is 0 Å². The van der Waals surface area contributed by atoms with Gasteiger partial charge in [-0.15, -0.1) is 11.3 Å². The largest absolute Gasteiger partial charge is 0.495 e. The highest BCUT2D eigenvalue weighted by atomic mass is 32.1. The van der Waals surface area contributed by atoms with E-state index in [-0.39, 0.29) is 0 Å². The third kappa shape index (κ3) is 3.85. The molecule has 0 saturated carbocycles. The second kappa shape index (κ2) is 7.09. The summed E-state index contributed by atoms with van der Waals surface area (Å²) in [5, 5.41) is 4.49. The van der Waals surface area contributed by atoms with Crippen molar-refractivity contribution in [3.8, 4) is 5.75 Å². The molecule has 2 rings (SSSR count). The van der Waals surface area contributed by atoms with Gasteiger partial charge < -0.3 is 14.8 Å². The fourth-order valence-corrected chi connectivity index (χ4v) is 2.43. The van der Waals surface area contributed by atoms with Crippen LogP contribution in [-0.4, -0.2) is 25.1 Å². The van der Waals surface area contributed by atoms with Crippen molar-refractivity contribution >= 4 is 28.9 Å². The summed E-state index contributed by atoms with van der Waals surface area (Å²) < 4.78 is 10.4. The van der Waals surface area contributed by atoms with Gasteiger partial charge in [0, 0.05) is 0 Å². The number of amides is 1. The van der Waals surface area contributed by atoms with E-state index in [1.807, 2.05) is 13.0 Å². The molecule has 0 radical (unpaired) electrons. The molecule has 0 bridgehead atoms. The molecule has 22 heavy (non-hydrogen) atoms. The zero-order valence-electron chi connectivity index (χ0n) is 12.6. The highest BCUT2D eigenvalue weighted by molar-refractivity contribution is 7.11. The van der Waals surface area contributed by atoms with Crippen molar-refractivity contribution in [1.82, 2.24) is 0 Å². The van der Waals surface area contributed by atoms with Gasteiger partial charge in [0.15, 0.2) is 6.10 Å². The van der Waals surface area contributed by atoms with Crippen LogP contribution in [0.15, 0.2) is 35.7 Å². The summed E-state index contributed by atoms with van der Waals surface area (Å²) in [5.41, 5.74) is 1.53. The standard InChI is InChI=1S/C16H17NO4S/c1-10-6-7-13(20-3)12(9-10)17-15(18)11(2)21-16(19)14-5-4-8-22-14/h4-9,11H,1-3H3,(H,17,18)/t11-/m1/s1. The minimum absolute atomic E-state index is 0.409. The van der Waals surface area contributed by atoms with Crippen LogP contribution in [0.3, 0.4) is 0 Å². The lowest BCUT2D eigenvalue weighted by Crippen LogP contribution is -2.30. The van der Waals surface area contributed by atoms with Crippen LogP contribution in [0, 0.1) is 6.92 Å². The van der Waals surface area contributed by atoms with Crippen molar-refractivity contribution in [2.24, 2.45) is 0 Å². The molecule has 1 atom stereocenters. The molecule has 6 heteroatoms. The van der Waals surface area contributed by atoms with Crippen molar-refractivity contribution in [1.29, 1.82) is 0 Å². The predicted octanol–water partition coefficient (Wildman–Crippen LogP) is 3.25. The molecule has 0 aliphatic rings. The number of nitrogens with one attached hydrogen (secondary N) is 1. The van der Waals surface area contributed by atoms with Crippen LogP contribution in [0.25, 0.3) is 0 Å². The lowest BCUT2D eigenvalue weighted by molar-refractivity contribution is -0.123. The molecule has 5 nitrogen and oxygen atoms in total. The van der Waals surface area contributed by atoms with Crippen LogP contribution < -0.4 is 10.1 Å². The number of aryl methyl sites for hydroxylation is 1. The maximum absolute atomic E-state index is 12.2. The number of carbonyl (C=O) groups excluding carboxylic acids is 2. The quantitative estimate of drug-likeness (QED) is 0.859. The van der Waals surface area contributed by atoms with Gasteiger partial charge in [-0.05, 0) is 43.0 Å². The number of methoxy groups -OCH3 is 1. The van der Waals surface area contributed by atoms with E-state index >= 15 is 0 Å². The number of hydrogen-bond donors (Lipinski definition) is 1. The minimum atomic E-state index is -0.903. The Morgan fingerprint density at radius 3 is 2.68 bits per heavy atom. The first kappa shape index (κ1) is 16.0. The van der Waals surface area contributed by atoms with E-state index in [9.17, 15) is 9.59 Å². The van der Waals surface area contributed by atoms with Gasteiger partial charge in [-0.2, -0.15) is 0 Å². The number of rotatable bonds is 5. The summed E-state index contributed by atoms with van der Waals surface area (Å²) in [6, 6.07) is 8.86. The van der Waals surface area contributed by atoms with Gasteiger partial charge >= 0.3 is 5.97 Å². The van der Waals surface area contributed by atoms with Crippen molar-refractivity contribution in [2.75, 3.05) is 12.4 Å². The molecule has 0 spiro atoms. The number of thiophene rings is 1. The predicted molar refractivity (Wildman–Crippen MR) is 85.6 cm³/mol. The Labute approximate surface area is 132 Å². The molecule has 0 aliphatic heterocycles. The molecule has 1 N–H and O–H groups in total. The summed E-state index contributed by atoms with van der Waals surface area (Å²) >= 11 is 1.27. The average Bonchev–Trinajstić information content (AvgIpc) is 3.01. The Hall–Kier alpha value is -2.34. The normalized spacial score (nSPS) is 11.6. The zero-order valence-corrected chi connectivity index (χ0v) is 13.4. The summed E-state index contributed by atoms with van der Waals surface area (Å²) in [4.78, 5) is 24.5. The van der Waals surface area contributed by atoms with Crippen LogP contribution in [0.5, 0.6) is 5.75 Å². The van der Waals surface area contributed by atoms with Gasteiger partial charge in [0.25, 0.3) is 5.91 Å². The number of benzene rings is 1. The van der Waals surface area contributed by atoms with Crippen LogP contribution in [-0.2, 0) is 9.53 Å². The molecular weight excluding hydrogens is 302 g/mol. The molecule has 1 amide bonds. The zero-order chi connectivity index (χ0) is 16.1. The van der Waals surface area contributed by atoms with Gasteiger partial charge in [-0.1, -0.05) is 12.1 Å². The van der Waals surface area contributed by atoms with Crippen molar-refractivity contribution < 1.29 is 19.1 Å². The average molecular weight is 319 g/mol. The van der Waals surface area contributed by atoms with Crippen LogP contribution in [0.2, 0.25) is 0 Å². The third-order valence-corrected chi connectivity index (χ3v) is 3.84. The maximum Gasteiger partial charge on any atom is 0.349 e. The van der Waals surface area contributed by atoms with Crippen molar-refractivity contribution in [2.45, 2.75) is 20.0 Å². The molecule has 0 aliphatic carbocycles. The Balaban J connectivity index is 2.02. The first-order chi connectivity index (χ1) is 10.5. The van der Waals surface area contributed by atoms with Crippen LogP contribution >= 0.6 is 11.3 Å². The van der Waals surface area contributed by atoms with E-state index < -0.39 is 18.0 Å². The summed E-state index contributed by atoms with van der Waals surface area (Å²) in [7, 11) is 1.53. The molecule has 1 heterocycles. The molecular formula is C16H17NO4S. The summed E-state index contributed by atoms with van der Waals surface area (Å²) in [5.74, 6) is -0.363. The van der Waals surface area contributed by atoms with Crippen LogP contribution in [0.4, 0.5) is 5.69 Å². The maximum atomic E-state index is 12.2. The fraction of sp³-hybridized carbons (Fsp3) is 0.250. The summed E-state index contributed by atoms with van der Waals surface area (Å²) in [6.45, 7) is 3.44. The lowest BCUT2D eigenvalue weighted by Gasteiger charge is -2.15. The van der Waals surface area contributed by atoms with Gasteiger partial charge in [0.1, 0.15) is 10.6 Å². The molecule has 1 aromatic carbocycles. The number of esters is 1. The van der Waals surface area contributed by atoms with Crippen molar-refractivity contribution in [3.63, 3.8) is 0 Å². The van der Waals surface area contributed by atoms with Crippen molar-refractivity contribution in [3.05, 3.63) is 46.2 Å². The van der Waals surface area contributed by atoms with Gasteiger partial charge in [-0.3, -0.25) is 4.79 Å². The van der Waals surface area contributed by atoms with E-state index in [1.165, 1.54) is 25.4 Å². The molecule has 1 aromatic heterocycles. The monoisotopic (exact) mass is 319 g/mol. The number of ether oxygens (including phenoxy) is 2. The van der Waals surface area contributed by atoms with Gasteiger partial charge in [-0.25, -0.2) is 4.79 Å². The Kier molecular flexibility index (Phi) is 5.16. The van der Waals surface area contributed by atoms with E-state index in [0.717, 1.165) is 5.56 Å². The SMILES string of the molecule is COc1ccc(C)cc1NC(=O)[C@@H](C)OC(=O)c1cccs1. The molecule has 0 unspecified atom stereocenters. The van der Waals surface area contributed by atoms with E-state index in [4.69, 9.17) is 9.47 Å². The second-order valence-electron chi connectivity index (χ2n) is 4.72. The molecule has 2 aromatic rings. The van der Waals surface area contributed by atoms with E-state index in [2.05, 4.69) is 5.32 Å². The highest BCUT2D eigenvalue weighted by Crippen LogP contribution is 2.25. The third-order valence-electron chi connectivity index (χ3n) is 2.99. The van der Waals surface area contributed by atoms with Crippen LogP contribution in [0.1, 0.15) is 22.2 Å². The molecule has 116 valence electrons. The van der Waals surface area contributed by atoms with Gasteiger partial charge in [0.05, 0.1) is 12.8 Å². The topological polar surface area (TPSA) is 64.6 Å². The van der Waals surface area contributed by atoms with E-state index in [1.54, 1.807) is 29.6 Å². The molecule has 0 fully saturated rings. The highest BCUT2D eigenvalue weighted by Gasteiger charge is 2.20. The number of hydrogen-bond acceptors (Lipinski definition) is 5. The molecule has 0 saturated heterocycles. The smallest absolute Gasteiger partial charge is 0.349 e. The fourth-order valence-electron chi connectivity index (χ4n) is 1.82. The van der Waals surface area contributed by atoms with E-state index in [0.29, 0.717) is 16.3 Å². The Morgan fingerprint density at radius 1 is 1.27 bits per heavy atom. The number of carbonyl (C=O) groups is 2. The summed E-state index contributed by atoms with van der Waals surface area (Å²) in [6.07, 6.45) is -0.903. The first-order valence-electron chi connectivity index (χ1n) is 6.71. The lowest BCUT2D eigenvalue weighted by atomic mass is 10.2.